The van der Waals surface area contributed by atoms with Gasteiger partial charge in [-0.3, -0.25) is 4.79 Å². The summed E-state index contributed by atoms with van der Waals surface area (Å²) in [5, 5.41) is 12.6. The fourth-order valence-electron chi connectivity index (χ4n) is 1.52. The first-order chi connectivity index (χ1) is 8.81. The highest BCUT2D eigenvalue weighted by Gasteiger charge is 2.17. The first-order valence-corrected chi connectivity index (χ1v) is 6.63. The van der Waals surface area contributed by atoms with E-state index in [4.69, 9.17) is 16.3 Å². The zero-order valence-corrected chi connectivity index (χ0v) is 12.4. The highest BCUT2D eigenvalue weighted by atomic mass is 35.5. The number of nitrogens with one attached hydrogen (secondary N) is 1. The first kappa shape index (κ1) is 15.8. The highest BCUT2D eigenvalue weighted by Crippen LogP contribution is 2.28. The maximum Gasteiger partial charge on any atom is 0.260 e. The second-order valence-corrected chi connectivity index (χ2v) is 5.20. The van der Waals surface area contributed by atoms with Gasteiger partial charge in [0.15, 0.2) is 6.10 Å². The number of hydrogen-bond acceptors (Lipinski definition) is 3. The van der Waals surface area contributed by atoms with Crippen LogP contribution in [0.25, 0.3) is 0 Å². The lowest BCUT2D eigenvalue weighted by molar-refractivity contribution is -0.127. The standard InChI is InChI=1S/C14H20ClNO3/c1-8(2)16-14(18)10(4)19-13-6-5-11(9(3)17)7-12(13)15/h5-10,17H,1-4H3,(H,16,18)/t9-,10?/m0/s1. The molecule has 1 rings (SSSR count). The fourth-order valence-corrected chi connectivity index (χ4v) is 1.75. The Balaban J connectivity index is 2.74. The third-order valence-electron chi connectivity index (χ3n) is 2.54. The molecule has 5 heteroatoms. The summed E-state index contributed by atoms with van der Waals surface area (Å²) in [5.41, 5.74) is 0.705. The van der Waals surface area contributed by atoms with Crippen molar-refractivity contribution in [1.29, 1.82) is 0 Å². The molecule has 106 valence electrons. The van der Waals surface area contributed by atoms with Gasteiger partial charge in [-0.2, -0.15) is 0 Å². The molecule has 19 heavy (non-hydrogen) atoms. The maximum atomic E-state index is 11.7. The summed E-state index contributed by atoms with van der Waals surface area (Å²) in [7, 11) is 0. The fraction of sp³-hybridized carbons (Fsp3) is 0.500. The van der Waals surface area contributed by atoms with E-state index in [-0.39, 0.29) is 11.9 Å². The predicted octanol–water partition coefficient (Wildman–Crippen LogP) is 2.69. The maximum absolute atomic E-state index is 11.7. The van der Waals surface area contributed by atoms with Gasteiger partial charge in [0.2, 0.25) is 0 Å². The zero-order chi connectivity index (χ0) is 14.6. The van der Waals surface area contributed by atoms with Gasteiger partial charge in [0, 0.05) is 6.04 Å². The number of carbonyl (C=O) groups is 1. The molecule has 0 saturated heterocycles. The van der Waals surface area contributed by atoms with E-state index in [0.717, 1.165) is 0 Å². The van der Waals surface area contributed by atoms with Crippen LogP contribution in [0.2, 0.25) is 5.02 Å². The molecular formula is C14H20ClNO3. The molecule has 0 aliphatic rings. The summed E-state index contributed by atoms with van der Waals surface area (Å²) in [6.07, 6.45) is -1.22. The minimum Gasteiger partial charge on any atom is -0.479 e. The van der Waals surface area contributed by atoms with E-state index in [0.29, 0.717) is 16.3 Å². The Hall–Kier alpha value is -1.26. The second kappa shape index (κ2) is 6.78. The Labute approximate surface area is 118 Å². The van der Waals surface area contributed by atoms with Gasteiger partial charge in [0.25, 0.3) is 5.91 Å². The van der Waals surface area contributed by atoms with Crippen molar-refractivity contribution >= 4 is 17.5 Å². The SMILES string of the molecule is CC(C)NC(=O)C(C)Oc1ccc([C@H](C)O)cc1Cl. The van der Waals surface area contributed by atoms with E-state index in [2.05, 4.69) is 5.32 Å². The van der Waals surface area contributed by atoms with Gasteiger partial charge in [0.05, 0.1) is 11.1 Å². The number of carbonyl (C=O) groups excluding carboxylic acids is 1. The van der Waals surface area contributed by atoms with E-state index in [1.54, 1.807) is 32.0 Å². The van der Waals surface area contributed by atoms with Crippen molar-refractivity contribution in [3.8, 4) is 5.75 Å². The number of aliphatic hydroxyl groups is 1. The van der Waals surface area contributed by atoms with Crippen LogP contribution in [0.4, 0.5) is 0 Å². The van der Waals surface area contributed by atoms with Crippen LogP contribution in [0, 0.1) is 0 Å². The topological polar surface area (TPSA) is 58.6 Å². The summed E-state index contributed by atoms with van der Waals surface area (Å²) in [5.74, 6) is 0.239. The Bertz CT molecular complexity index is 446. The van der Waals surface area contributed by atoms with Crippen molar-refractivity contribution in [1.82, 2.24) is 5.32 Å². The predicted molar refractivity (Wildman–Crippen MR) is 75.5 cm³/mol. The summed E-state index contributed by atoms with van der Waals surface area (Å²) in [6, 6.07) is 5.07. The lowest BCUT2D eigenvalue weighted by Crippen LogP contribution is -2.40. The lowest BCUT2D eigenvalue weighted by atomic mass is 10.1. The molecule has 0 aromatic heterocycles. The number of amides is 1. The van der Waals surface area contributed by atoms with Gasteiger partial charge in [-0.15, -0.1) is 0 Å². The number of benzene rings is 1. The number of hydrogen-bond donors (Lipinski definition) is 2. The molecule has 4 nitrogen and oxygen atoms in total. The minimum absolute atomic E-state index is 0.0617. The molecule has 2 N–H and O–H groups in total. The van der Waals surface area contributed by atoms with E-state index < -0.39 is 12.2 Å². The van der Waals surface area contributed by atoms with Crippen molar-refractivity contribution < 1.29 is 14.6 Å². The van der Waals surface area contributed by atoms with Crippen LogP contribution in [0.3, 0.4) is 0 Å². The van der Waals surface area contributed by atoms with Crippen LogP contribution >= 0.6 is 11.6 Å². The molecule has 0 fully saturated rings. The molecule has 0 bridgehead atoms. The van der Waals surface area contributed by atoms with Gasteiger partial charge < -0.3 is 15.2 Å². The minimum atomic E-state index is -0.628. The molecule has 1 aromatic rings. The monoisotopic (exact) mass is 285 g/mol. The first-order valence-electron chi connectivity index (χ1n) is 6.25. The summed E-state index contributed by atoms with van der Waals surface area (Å²) < 4.78 is 5.52. The van der Waals surface area contributed by atoms with Crippen molar-refractivity contribution in [3.05, 3.63) is 28.8 Å². The third-order valence-corrected chi connectivity index (χ3v) is 2.84. The Morgan fingerprint density at radius 2 is 1.95 bits per heavy atom. The molecule has 1 unspecified atom stereocenters. The third kappa shape index (κ3) is 4.73. The van der Waals surface area contributed by atoms with Crippen molar-refractivity contribution in [2.24, 2.45) is 0 Å². The quantitative estimate of drug-likeness (QED) is 0.874. The van der Waals surface area contributed by atoms with Crippen LogP contribution in [-0.2, 0) is 4.79 Å². The molecule has 2 atom stereocenters. The van der Waals surface area contributed by atoms with E-state index in [1.165, 1.54) is 0 Å². The Kier molecular flexibility index (Phi) is 5.63. The van der Waals surface area contributed by atoms with Gasteiger partial charge in [-0.25, -0.2) is 0 Å². The molecule has 0 spiro atoms. The van der Waals surface area contributed by atoms with Crippen molar-refractivity contribution in [2.75, 3.05) is 0 Å². The Morgan fingerprint density at radius 1 is 1.32 bits per heavy atom. The smallest absolute Gasteiger partial charge is 0.260 e. The molecule has 0 aliphatic heterocycles. The van der Waals surface area contributed by atoms with Crippen molar-refractivity contribution in [2.45, 2.75) is 45.9 Å². The number of ether oxygens (including phenoxy) is 1. The molecule has 0 saturated carbocycles. The van der Waals surface area contributed by atoms with E-state index in [9.17, 15) is 9.90 Å². The van der Waals surface area contributed by atoms with Crippen LogP contribution < -0.4 is 10.1 Å². The van der Waals surface area contributed by atoms with Gasteiger partial charge in [-0.05, 0) is 45.4 Å². The van der Waals surface area contributed by atoms with Crippen LogP contribution in [0.15, 0.2) is 18.2 Å². The lowest BCUT2D eigenvalue weighted by Gasteiger charge is -2.17. The molecule has 1 aromatic carbocycles. The zero-order valence-electron chi connectivity index (χ0n) is 11.6. The largest absolute Gasteiger partial charge is 0.479 e. The average molecular weight is 286 g/mol. The summed E-state index contributed by atoms with van der Waals surface area (Å²) in [6.45, 7) is 7.09. The normalized spacial score (nSPS) is 14.1. The van der Waals surface area contributed by atoms with Gasteiger partial charge in [0.1, 0.15) is 5.75 Å². The number of aliphatic hydroxyl groups excluding tert-OH is 1. The molecule has 0 heterocycles. The number of rotatable bonds is 5. The summed E-state index contributed by atoms with van der Waals surface area (Å²) in [4.78, 5) is 11.7. The van der Waals surface area contributed by atoms with E-state index >= 15 is 0 Å². The van der Waals surface area contributed by atoms with Crippen LogP contribution in [0.5, 0.6) is 5.75 Å². The highest BCUT2D eigenvalue weighted by molar-refractivity contribution is 6.32. The molecule has 1 amide bonds. The summed E-state index contributed by atoms with van der Waals surface area (Å²) >= 11 is 6.06. The van der Waals surface area contributed by atoms with Crippen molar-refractivity contribution in [3.63, 3.8) is 0 Å². The van der Waals surface area contributed by atoms with Gasteiger partial charge in [-0.1, -0.05) is 17.7 Å². The molecule has 0 aliphatic carbocycles. The number of halogens is 1. The van der Waals surface area contributed by atoms with Crippen LogP contribution in [0.1, 0.15) is 39.4 Å². The van der Waals surface area contributed by atoms with E-state index in [1.807, 2.05) is 13.8 Å². The average Bonchev–Trinajstić information content (AvgIpc) is 2.30. The van der Waals surface area contributed by atoms with Gasteiger partial charge >= 0.3 is 0 Å². The Morgan fingerprint density at radius 3 is 2.42 bits per heavy atom. The molecule has 0 radical (unpaired) electrons. The second-order valence-electron chi connectivity index (χ2n) is 4.79. The molecular weight excluding hydrogens is 266 g/mol. The van der Waals surface area contributed by atoms with Crippen LogP contribution in [-0.4, -0.2) is 23.2 Å².